The molecule has 2 fully saturated rings. The third-order valence-electron chi connectivity index (χ3n) is 4.79. The largest absolute Gasteiger partial charge is 0.247 e. The zero-order chi connectivity index (χ0) is 12.9. The Morgan fingerprint density at radius 1 is 1.18 bits per heavy atom. The summed E-state index contributed by atoms with van der Waals surface area (Å²) in [5.74, 6) is 2.15. The molecule has 2 rings (SSSR count). The first-order valence-corrected chi connectivity index (χ1v) is 7.72. The fourth-order valence-electron chi connectivity index (χ4n) is 3.19. The third kappa shape index (κ3) is 4.26. The molecule has 0 saturated heterocycles. The molecule has 0 aromatic heterocycles. The highest BCUT2D eigenvalue weighted by Gasteiger charge is 2.47. The van der Waals surface area contributed by atoms with Gasteiger partial charge >= 0.3 is 0 Å². The maximum absolute atomic E-state index is 13.0. The van der Waals surface area contributed by atoms with Crippen LogP contribution in [0.1, 0.15) is 79.1 Å². The molecule has 0 aliphatic heterocycles. The molecular weight excluding hydrogens is 211 g/mol. The second-order valence-corrected chi connectivity index (χ2v) is 6.32. The van der Waals surface area contributed by atoms with Gasteiger partial charge in [0, 0.05) is 5.41 Å². The lowest BCUT2D eigenvalue weighted by Crippen LogP contribution is -2.20. The molecule has 0 bridgehead atoms. The first kappa shape index (κ1) is 15.0. The number of halogens is 1. The van der Waals surface area contributed by atoms with Crippen molar-refractivity contribution in [2.24, 2.45) is 17.3 Å². The summed E-state index contributed by atoms with van der Waals surface area (Å²) in [6.07, 6.45) is 9.33. The van der Waals surface area contributed by atoms with E-state index in [0.29, 0.717) is 6.42 Å². The monoisotopic (exact) mass is 242 g/mol. The van der Waals surface area contributed by atoms with Gasteiger partial charge in [-0.05, 0) is 50.4 Å². The van der Waals surface area contributed by atoms with E-state index in [0.717, 1.165) is 31.1 Å². The minimum Gasteiger partial charge on any atom is -0.247 e. The van der Waals surface area contributed by atoms with Crippen molar-refractivity contribution in [2.45, 2.75) is 85.2 Å². The topological polar surface area (TPSA) is 0 Å². The summed E-state index contributed by atoms with van der Waals surface area (Å²) in [5.41, 5.74) is 0.134. The van der Waals surface area contributed by atoms with E-state index in [2.05, 4.69) is 20.8 Å². The Balaban J connectivity index is 0.000000171. The molecule has 0 amide bonds. The maximum Gasteiger partial charge on any atom is 0.105 e. The van der Waals surface area contributed by atoms with Crippen LogP contribution < -0.4 is 0 Å². The summed E-state index contributed by atoms with van der Waals surface area (Å²) in [4.78, 5) is 0. The second-order valence-electron chi connectivity index (χ2n) is 6.32. The van der Waals surface area contributed by atoms with Gasteiger partial charge in [0.25, 0.3) is 0 Å². The minimum atomic E-state index is -0.525. The van der Waals surface area contributed by atoms with Crippen LogP contribution in [0.15, 0.2) is 0 Å². The molecule has 2 saturated carbocycles. The van der Waals surface area contributed by atoms with Gasteiger partial charge in [-0.3, -0.25) is 0 Å². The molecule has 1 heteroatoms. The molecule has 0 N–H and O–H groups in total. The van der Waals surface area contributed by atoms with Crippen LogP contribution in [0.2, 0.25) is 0 Å². The first-order valence-electron chi connectivity index (χ1n) is 7.72. The molecule has 0 nitrogen and oxygen atoms in total. The zero-order valence-corrected chi connectivity index (χ0v) is 12.3. The molecule has 1 unspecified atom stereocenters. The van der Waals surface area contributed by atoms with Gasteiger partial charge in [0.05, 0.1) is 0 Å². The Morgan fingerprint density at radius 3 is 2.00 bits per heavy atom. The minimum absolute atomic E-state index is 0.134. The van der Waals surface area contributed by atoms with E-state index in [1.165, 1.54) is 25.7 Å². The molecule has 0 spiro atoms. The van der Waals surface area contributed by atoms with Gasteiger partial charge in [0.15, 0.2) is 0 Å². The number of hydrogen-bond donors (Lipinski definition) is 0. The van der Waals surface area contributed by atoms with Crippen LogP contribution >= 0.6 is 0 Å². The fraction of sp³-hybridized carbons (Fsp3) is 1.00. The van der Waals surface area contributed by atoms with E-state index in [4.69, 9.17) is 0 Å². The summed E-state index contributed by atoms with van der Waals surface area (Å²) in [6.45, 7) is 8.66. The van der Waals surface area contributed by atoms with Crippen molar-refractivity contribution >= 4 is 0 Å². The Bertz CT molecular complexity index is 199. The van der Waals surface area contributed by atoms with Crippen LogP contribution in [-0.4, -0.2) is 6.17 Å². The van der Waals surface area contributed by atoms with Crippen LogP contribution in [0.4, 0.5) is 4.39 Å². The number of hydrogen-bond acceptors (Lipinski definition) is 0. The van der Waals surface area contributed by atoms with Crippen molar-refractivity contribution in [3.63, 3.8) is 0 Å². The van der Waals surface area contributed by atoms with Crippen molar-refractivity contribution < 1.29 is 4.39 Å². The second kappa shape index (κ2) is 6.75. The average Bonchev–Trinajstić information content (AvgIpc) is 3.08. The molecule has 0 aromatic rings. The summed E-state index contributed by atoms with van der Waals surface area (Å²) < 4.78 is 13.0. The first-order chi connectivity index (χ1) is 8.07. The van der Waals surface area contributed by atoms with E-state index in [1.54, 1.807) is 0 Å². The van der Waals surface area contributed by atoms with Crippen LogP contribution in [0.5, 0.6) is 0 Å². The van der Waals surface area contributed by atoms with Gasteiger partial charge in [0.1, 0.15) is 6.17 Å². The fourth-order valence-corrected chi connectivity index (χ4v) is 3.19. The molecule has 17 heavy (non-hydrogen) atoms. The summed E-state index contributed by atoms with van der Waals surface area (Å²) in [6, 6.07) is 0. The predicted molar refractivity (Wildman–Crippen MR) is 73.9 cm³/mol. The average molecular weight is 242 g/mol. The van der Waals surface area contributed by atoms with Crippen molar-refractivity contribution in [1.29, 1.82) is 0 Å². The van der Waals surface area contributed by atoms with Crippen LogP contribution in [0, 0.1) is 17.3 Å². The van der Waals surface area contributed by atoms with Gasteiger partial charge < -0.3 is 0 Å². The highest BCUT2D eigenvalue weighted by Crippen LogP contribution is 2.53. The SMILES string of the molecule is CCC(F)C1(CC)CC1.CCCC1CC(C)C1. The Morgan fingerprint density at radius 2 is 1.76 bits per heavy atom. The zero-order valence-electron chi connectivity index (χ0n) is 12.3. The summed E-state index contributed by atoms with van der Waals surface area (Å²) in [5, 5.41) is 0. The van der Waals surface area contributed by atoms with Crippen molar-refractivity contribution in [2.75, 3.05) is 0 Å². The smallest absolute Gasteiger partial charge is 0.105 e. The van der Waals surface area contributed by atoms with E-state index in [-0.39, 0.29) is 5.41 Å². The van der Waals surface area contributed by atoms with Gasteiger partial charge in [-0.25, -0.2) is 4.39 Å². The van der Waals surface area contributed by atoms with Crippen molar-refractivity contribution in [3.8, 4) is 0 Å². The van der Waals surface area contributed by atoms with E-state index >= 15 is 0 Å². The Labute approximate surface area is 107 Å². The van der Waals surface area contributed by atoms with Gasteiger partial charge in [-0.1, -0.05) is 40.5 Å². The summed E-state index contributed by atoms with van der Waals surface area (Å²) >= 11 is 0. The third-order valence-corrected chi connectivity index (χ3v) is 4.79. The summed E-state index contributed by atoms with van der Waals surface area (Å²) in [7, 11) is 0. The molecule has 0 aromatic carbocycles. The van der Waals surface area contributed by atoms with Crippen LogP contribution in [0.25, 0.3) is 0 Å². The lowest BCUT2D eigenvalue weighted by molar-refractivity contribution is 0.195. The molecule has 2 aliphatic carbocycles. The lowest BCUT2D eigenvalue weighted by Gasteiger charge is -2.32. The molecule has 2 aliphatic rings. The van der Waals surface area contributed by atoms with Gasteiger partial charge in [-0.15, -0.1) is 0 Å². The molecular formula is C16H31F. The Hall–Kier alpha value is -0.0700. The highest BCUT2D eigenvalue weighted by molar-refractivity contribution is 4.97. The molecule has 0 heterocycles. The predicted octanol–water partition coefficient (Wildman–Crippen LogP) is 5.76. The van der Waals surface area contributed by atoms with Gasteiger partial charge in [0.2, 0.25) is 0 Å². The van der Waals surface area contributed by atoms with Crippen LogP contribution in [0.3, 0.4) is 0 Å². The van der Waals surface area contributed by atoms with Crippen LogP contribution in [-0.2, 0) is 0 Å². The van der Waals surface area contributed by atoms with E-state index in [1.807, 2.05) is 6.92 Å². The van der Waals surface area contributed by atoms with Gasteiger partial charge in [-0.2, -0.15) is 0 Å². The quantitative estimate of drug-likeness (QED) is 0.575. The number of alkyl halides is 1. The Kier molecular flexibility index (Phi) is 5.95. The van der Waals surface area contributed by atoms with E-state index < -0.39 is 6.17 Å². The maximum atomic E-state index is 13.0. The molecule has 0 radical (unpaired) electrons. The standard InChI is InChI=1S/C8H15F.C8H16/c1-3-7(9)8(4-2)5-6-8;1-3-4-8-5-7(2)6-8/h7H,3-6H2,1-2H3;7-8H,3-6H2,1-2H3. The van der Waals surface area contributed by atoms with Crippen molar-refractivity contribution in [1.82, 2.24) is 0 Å². The normalized spacial score (nSPS) is 30.9. The van der Waals surface area contributed by atoms with E-state index in [9.17, 15) is 4.39 Å². The molecule has 1 atom stereocenters. The lowest BCUT2D eigenvalue weighted by atomic mass is 9.74. The van der Waals surface area contributed by atoms with Crippen molar-refractivity contribution in [3.05, 3.63) is 0 Å². The highest BCUT2D eigenvalue weighted by atomic mass is 19.1. The number of rotatable bonds is 5. The molecule has 102 valence electrons.